The average Bonchev–Trinajstić information content (AvgIpc) is 3.56. The summed E-state index contributed by atoms with van der Waals surface area (Å²) in [5.74, 6) is -3.72. The lowest BCUT2D eigenvalue weighted by Crippen LogP contribution is -2.59. The van der Waals surface area contributed by atoms with Crippen molar-refractivity contribution in [1.82, 2.24) is 26.2 Å². The molecular weight excluding hydrogens is 761 g/mol. The minimum atomic E-state index is -1.22. The van der Waals surface area contributed by atoms with Crippen molar-refractivity contribution in [3.63, 3.8) is 0 Å². The van der Waals surface area contributed by atoms with Gasteiger partial charge in [0.05, 0.1) is 12.1 Å². The molecule has 0 radical (unpaired) electrons. The second kappa shape index (κ2) is 25.8. The molecule has 19 N–H and O–H groups in total. The number of unbranched alkanes of at least 4 members (excludes halogenated alkanes) is 2. The highest BCUT2D eigenvalue weighted by Crippen LogP contribution is 2.40. The number of likely N-dealkylation sites (tertiary alicyclic amines) is 1. The molecule has 21 nitrogen and oxygen atoms in total. The van der Waals surface area contributed by atoms with E-state index in [-0.39, 0.29) is 68.5 Å². The Morgan fingerprint density at radius 3 is 1.95 bits per heavy atom. The van der Waals surface area contributed by atoms with Crippen LogP contribution in [0.5, 0.6) is 0 Å². The Balaban J connectivity index is 2.00. The number of guanidine groups is 2. The third kappa shape index (κ3) is 16.9. The molecule has 5 amide bonds. The predicted molar refractivity (Wildman–Crippen MR) is 219 cm³/mol. The van der Waals surface area contributed by atoms with Crippen molar-refractivity contribution in [2.75, 3.05) is 31.9 Å². The number of amides is 5. The van der Waals surface area contributed by atoms with E-state index in [1.807, 2.05) is 0 Å². The van der Waals surface area contributed by atoms with E-state index >= 15 is 0 Å². The Morgan fingerprint density at radius 1 is 0.719 bits per heavy atom. The van der Waals surface area contributed by atoms with Crippen molar-refractivity contribution in [3.8, 4) is 0 Å². The van der Waals surface area contributed by atoms with Gasteiger partial charge in [0, 0.05) is 31.4 Å². The third-order valence-corrected chi connectivity index (χ3v) is 10.6. The van der Waals surface area contributed by atoms with Crippen LogP contribution >= 0.6 is 12.6 Å². The molecule has 0 aromatic rings. The molecule has 2 fully saturated rings. The summed E-state index contributed by atoms with van der Waals surface area (Å²) in [6.07, 6.45) is 6.82. The highest BCUT2D eigenvalue weighted by molar-refractivity contribution is 7.80. The van der Waals surface area contributed by atoms with Gasteiger partial charge in [-0.3, -0.25) is 34.0 Å². The van der Waals surface area contributed by atoms with E-state index in [2.05, 4.69) is 43.9 Å². The molecule has 22 heteroatoms. The maximum Gasteiger partial charge on any atom is 0.326 e. The number of hydrogen-bond acceptors (Lipinski definition) is 12. The SMILES string of the molecule is NCC[C@H](NC(=O)[C@@H](N)CCCCNC(=O)[C@H](CCCCN=C(N)N)NC(=O)[C@@H](N)CS)C(=O)N1C2CCCCC2C[C@H]1C(=O)N[C@@H](CCCN=C(N)N)C(=O)O. The highest BCUT2D eigenvalue weighted by Gasteiger charge is 2.49. The topological polar surface area (TPSA) is 381 Å². The summed E-state index contributed by atoms with van der Waals surface area (Å²) in [5.41, 5.74) is 39.3. The molecule has 1 aliphatic heterocycles. The van der Waals surface area contributed by atoms with Crippen LogP contribution in [0.4, 0.5) is 0 Å². The zero-order chi connectivity index (χ0) is 42.5. The quantitative estimate of drug-likeness (QED) is 0.0174. The molecule has 1 saturated heterocycles. The van der Waals surface area contributed by atoms with Gasteiger partial charge >= 0.3 is 5.97 Å². The summed E-state index contributed by atoms with van der Waals surface area (Å²) in [4.78, 5) is 87.9. The van der Waals surface area contributed by atoms with Crippen LogP contribution in [0.3, 0.4) is 0 Å². The fourth-order valence-electron chi connectivity index (χ4n) is 7.18. The minimum absolute atomic E-state index is 0.0311. The molecule has 2 unspecified atom stereocenters. The van der Waals surface area contributed by atoms with E-state index in [4.69, 9.17) is 40.1 Å². The molecule has 1 aliphatic carbocycles. The molecule has 8 atom stereocenters. The average molecular weight is 827 g/mol. The molecule has 0 spiro atoms. The molecule has 0 aromatic heterocycles. The van der Waals surface area contributed by atoms with E-state index in [1.54, 1.807) is 0 Å². The van der Waals surface area contributed by atoms with Gasteiger partial charge in [0.15, 0.2) is 11.9 Å². The van der Waals surface area contributed by atoms with Crippen molar-refractivity contribution < 1.29 is 33.9 Å². The summed E-state index contributed by atoms with van der Waals surface area (Å²) in [7, 11) is 0. The minimum Gasteiger partial charge on any atom is -0.480 e. The van der Waals surface area contributed by atoms with Gasteiger partial charge in [0.1, 0.15) is 24.2 Å². The fraction of sp³-hybridized carbons (Fsp3) is 0.771. The fourth-order valence-corrected chi connectivity index (χ4v) is 7.34. The van der Waals surface area contributed by atoms with Gasteiger partial charge in [0.2, 0.25) is 29.5 Å². The maximum atomic E-state index is 14.2. The van der Waals surface area contributed by atoms with Gasteiger partial charge in [-0.2, -0.15) is 12.6 Å². The lowest BCUT2D eigenvalue weighted by Gasteiger charge is -2.36. The molecule has 1 heterocycles. The van der Waals surface area contributed by atoms with E-state index in [0.717, 1.165) is 19.3 Å². The number of rotatable bonds is 26. The van der Waals surface area contributed by atoms with Gasteiger partial charge in [0.25, 0.3) is 0 Å². The Hall–Kier alpha value is -4.41. The first-order valence-electron chi connectivity index (χ1n) is 19.8. The first-order valence-corrected chi connectivity index (χ1v) is 20.4. The Labute approximate surface area is 339 Å². The van der Waals surface area contributed by atoms with Crippen LogP contribution in [0.1, 0.15) is 89.9 Å². The molecular formula is C35H66N14O7S. The number of nitrogens with zero attached hydrogens (tertiary/aromatic N) is 3. The number of nitrogens with two attached hydrogens (primary N) is 7. The maximum absolute atomic E-state index is 14.2. The monoisotopic (exact) mass is 826 g/mol. The van der Waals surface area contributed by atoms with Gasteiger partial charge < -0.3 is 71.4 Å². The summed E-state index contributed by atoms with van der Waals surface area (Å²) in [6, 6.07) is -6.14. The van der Waals surface area contributed by atoms with E-state index < -0.39 is 71.8 Å². The van der Waals surface area contributed by atoms with Crippen molar-refractivity contribution in [3.05, 3.63) is 0 Å². The molecule has 1 saturated carbocycles. The summed E-state index contributed by atoms with van der Waals surface area (Å²) < 4.78 is 0. The van der Waals surface area contributed by atoms with Crippen LogP contribution in [0.25, 0.3) is 0 Å². The first-order chi connectivity index (χ1) is 27.1. The molecule has 2 rings (SSSR count). The van der Waals surface area contributed by atoms with E-state index in [9.17, 15) is 33.9 Å². The third-order valence-electron chi connectivity index (χ3n) is 10.2. The lowest BCUT2D eigenvalue weighted by molar-refractivity contribution is -0.146. The summed E-state index contributed by atoms with van der Waals surface area (Å²) in [6.45, 7) is 0.893. The van der Waals surface area contributed by atoms with Crippen LogP contribution in [-0.4, -0.2) is 132 Å². The van der Waals surface area contributed by atoms with E-state index in [0.29, 0.717) is 57.9 Å². The number of aliphatic carboxylic acids is 1. The van der Waals surface area contributed by atoms with Crippen molar-refractivity contribution in [2.24, 2.45) is 56.0 Å². The summed E-state index contributed by atoms with van der Waals surface area (Å²) >= 11 is 4.05. The van der Waals surface area contributed by atoms with Gasteiger partial charge in [-0.25, -0.2) is 4.79 Å². The lowest BCUT2D eigenvalue weighted by atomic mass is 9.84. The number of carboxylic acids is 1. The second-order valence-electron chi connectivity index (χ2n) is 14.6. The highest BCUT2D eigenvalue weighted by atomic mass is 32.1. The molecule has 0 bridgehead atoms. The van der Waals surface area contributed by atoms with Crippen LogP contribution in [0, 0.1) is 5.92 Å². The predicted octanol–water partition coefficient (Wildman–Crippen LogP) is -3.60. The molecule has 324 valence electrons. The first kappa shape index (κ1) is 48.7. The second-order valence-corrected chi connectivity index (χ2v) is 15.0. The zero-order valence-corrected chi connectivity index (χ0v) is 33.7. The van der Waals surface area contributed by atoms with Crippen LogP contribution in [-0.2, 0) is 28.8 Å². The smallest absolute Gasteiger partial charge is 0.326 e. The number of carbonyl (C=O) groups excluding carboxylic acids is 5. The number of hydrogen-bond donors (Lipinski definition) is 13. The Bertz CT molecular complexity index is 1400. The van der Waals surface area contributed by atoms with Crippen molar-refractivity contribution >= 4 is 60.1 Å². The summed E-state index contributed by atoms with van der Waals surface area (Å²) in [5, 5.41) is 20.6. The largest absolute Gasteiger partial charge is 0.480 e. The van der Waals surface area contributed by atoms with Crippen molar-refractivity contribution in [1.29, 1.82) is 0 Å². The molecule has 57 heavy (non-hydrogen) atoms. The van der Waals surface area contributed by atoms with Crippen LogP contribution in [0.2, 0.25) is 0 Å². The Kier molecular flexibility index (Phi) is 22.0. The van der Waals surface area contributed by atoms with Crippen LogP contribution < -0.4 is 61.4 Å². The number of aliphatic imine (C=N–C) groups is 2. The number of carbonyl (C=O) groups is 6. The van der Waals surface area contributed by atoms with Gasteiger partial charge in [-0.15, -0.1) is 0 Å². The standard InChI is InChI=1S/C35H66N14O7S/c36-14-13-24(32(54)49-26-12-2-1-8-20(26)18-27(49)31(53)48-25(33(55)56)11-7-17-45-35(41)42)47-28(50)21(37)9-3-5-15-43-30(52)23(46-29(51)22(38)19-57)10-4-6-16-44-34(39)40/h20-27,57H,1-19,36-38H2,(H,43,52)(H,46,51)(H,47,50)(H,48,53)(H,55,56)(H4,39,40,44)(H4,41,42,45)/t20?,21-,22-,23-,24-,25-,26?,27-/m0/s1. The molecule has 2 aliphatic rings. The Morgan fingerprint density at radius 2 is 1.32 bits per heavy atom. The van der Waals surface area contributed by atoms with E-state index in [1.165, 1.54) is 4.90 Å². The number of thiol groups is 1. The normalized spacial score (nSPS) is 20.1. The number of nitrogens with one attached hydrogen (secondary N) is 4. The van der Waals surface area contributed by atoms with Crippen LogP contribution in [0.15, 0.2) is 9.98 Å². The number of fused-ring (bicyclic) bond motifs is 1. The number of carboxylic acid groups (broad SMARTS) is 1. The van der Waals surface area contributed by atoms with Crippen molar-refractivity contribution in [2.45, 2.75) is 132 Å². The van der Waals surface area contributed by atoms with Gasteiger partial charge in [-0.05, 0) is 89.5 Å². The zero-order valence-electron chi connectivity index (χ0n) is 32.8. The molecule has 0 aromatic carbocycles. The van der Waals surface area contributed by atoms with Gasteiger partial charge in [-0.1, -0.05) is 12.8 Å².